The number of ether oxygens (including phenoxy) is 2. The molecule has 0 aliphatic carbocycles. The molecule has 3 unspecified atom stereocenters. The van der Waals surface area contributed by atoms with Gasteiger partial charge in [-0.05, 0) is 31.6 Å². The Morgan fingerprint density at radius 1 is 1.24 bits per heavy atom. The maximum absolute atomic E-state index is 6.10. The number of halogens is 1. The van der Waals surface area contributed by atoms with E-state index in [1.165, 1.54) is 6.42 Å². The molecule has 2 saturated heterocycles. The second kappa shape index (κ2) is 10.9. The molecule has 0 bridgehead atoms. The summed E-state index contributed by atoms with van der Waals surface area (Å²) in [5, 5.41) is 3.44. The summed E-state index contributed by atoms with van der Waals surface area (Å²) in [7, 11) is 2.14. The molecule has 0 aromatic carbocycles. The standard InChI is InChI=1S/C19H37N3O2.HI/c1-6-20-18(22(5)13-15-9-11-23-14-15)21-12-16-8-7-10-24-17(16)19(2,3)4;/h15-17H,6-14H2,1-5H3,(H,20,21);1H. The van der Waals surface area contributed by atoms with Gasteiger partial charge in [-0.15, -0.1) is 24.0 Å². The van der Waals surface area contributed by atoms with Gasteiger partial charge in [0.2, 0.25) is 0 Å². The van der Waals surface area contributed by atoms with E-state index in [0.717, 1.165) is 58.3 Å². The lowest BCUT2D eigenvalue weighted by molar-refractivity contribution is -0.0824. The molecule has 3 atom stereocenters. The highest BCUT2D eigenvalue weighted by Gasteiger charge is 2.35. The summed E-state index contributed by atoms with van der Waals surface area (Å²) in [5.74, 6) is 2.15. The zero-order valence-corrected chi connectivity index (χ0v) is 19.0. The van der Waals surface area contributed by atoms with Crippen molar-refractivity contribution in [3.05, 3.63) is 0 Å². The summed E-state index contributed by atoms with van der Waals surface area (Å²) in [5.41, 5.74) is 0.173. The second-order valence-electron chi connectivity index (χ2n) is 8.36. The van der Waals surface area contributed by atoms with E-state index < -0.39 is 0 Å². The van der Waals surface area contributed by atoms with Crippen molar-refractivity contribution in [3.8, 4) is 0 Å². The fourth-order valence-electron chi connectivity index (χ4n) is 3.86. The van der Waals surface area contributed by atoms with E-state index in [2.05, 4.69) is 45.0 Å². The summed E-state index contributed by atoms with van der Waals surface area (Å²) in [6.07, 6.45) is 3.82. The summed E-state index contributed by atoms with van der Waals surface area (Å²) >= 11 is 0. The fourth-order valence-corrected chi connectivity index (χ4v) is 3.86. The molecular formula is C19H38IN3O2. The summed E-state index contributed by atoms with van der Waals surface area (Å²) < 4.78 is 11.6. The topological polar surface area (TPSA) is 46.1 Å². The van der Waals surface area contributed by atoms with Crippen LogP contribution >= 0.6 is 24.0 Å². The number of aliphatic imine (C=N–C) groups is 1. The van der Waals surface area contributed by atoms with E-state index in [9.17, 15) is 0 Å². The van der Waals surface area contributed by atoms with Crippen molar-refractivity contribution in [2.24, 2.45) is 22.2 Å². The van der Waals surface area contributed by atoms with E-state index in [4.69, 9.17) is 14.5 Å². The Hall–Kier alpha value is -0.0800. The van der Waals surface area contributed by atoms with E-state index in [1.807, 2.05) is 0 Å². The second-order valence-corrected chi connectivity index (χ2v) is 8.36. The van der Waals surface area contributed by atoms with Crippen LogP contribution in [0.5, 0.6) is 0 Å². The first-order valence-electron chi connectivity index (χ1n) is 9.60. The molecule has 0 amide bonds. The molecule has 2 rings (SSSR count). The minimum Gasteiger partial charge on any atom is -0.381 e. The van der Waals surface area contributed by atoms with Gasteiger partial charge in [-0.2, -0.15) is 0 Å². The number of rotatable bonds is 5. The molecule has 2 fully saturated rings. The van der Waals surface area contributed by atoms with Crippen LogP contribution in [0.2, 0.25) is 0 Å². The van der Waals surface area contributed by atoms with Crippen LogP contribution in [0.1, 0.15) is 47.0 Å². The third-order valence-corrected chi connectivity index (χ3v) is 5.03. The highest BCUT2D eigenvalue weighted by molar-refractivity contribution is 14.0. The molecule has 0 aromatic heterocycles. The zero-order valence-electron chi connectivity index (χ0n) is 16.7. The van der Waals surface area contributed by atoms with Gasteiger partial charge in [0.25, 0.3) is 0 Å². The van der Waals surface area contributed by atoms with Gasteiger partial charge < -0.3 is 19.7 Å². The van der Waals surface area contributed by atoms with Crippen molar-refractivity contribution in [1.82, 2.24) is 10.2 Å². The summed E-state index contributed by atoms with van der Waals surface area (Å²) in [4.78, 5) is 7.22. The first-order chi connectivity index (χ1) is 11.4. The maximum Gasteiger partial charge on any atom is 0.193 e. The van der Waals surface area contributed by atoms with Gasteiger partial charge in [-0.3, -0.25) is 4.99 Å². The first-order valence-corrected chi connectivity index (χ1v) is 9.60. The number of hydrogen-bond donors (Lipinski definition) is 1. The Labute approximate surface area is 171 Å². The Morgan fingerprint density at radius 2 is 2.00 bits per heavy atom. The molecule has 0 aromatic rings. The van der Waals surface area contributed by atoms with E-state index in [1.54, 1.807) is 0 Å². The number of nitrogens with one attached hydrogen (secondary N) is 1. The lowest BCUT2D eigenvalue weighted by Crippen LogP contribution is -2.44. The highest BCUT2D eigenvalue weighted by atomic mass is 127. The molecule has 1 N–H and O–H groups in total. The summed E-state index contributed by atoms with van der Waals surface area (Å²) in [6, 6.07) is 0. The van der Waals surface area contributed by atoms with E-state index >= 15 is 0 Å². The Bertz CT molecular complexity index is 406. The normalized spacial score (nSPS) is 27.7. The molecule has 2 aliphatic rings. The van der Waals surface area contributed by atoms with Crippen LogP contribution < -0.4 is 5.32 Å². The monoisotopic (exact) mass is 467 g/mol. The van der Waals surface area contributed by atoms with Crippen molar-refractivity contribution in [2.75, 3.05) is 46.5 Å². The summed E-state index contributed by atoms with van der Waals surface area (Å²) in [6.45, 7) is 14.4. The van der Waals surface area contributed by atoms with Crippen LogP contribution in [0.3, 0.4) is 0 Å². The first kappa shape index (κ1) is 23.0. The SMILES string of the molecule is CCNC(=NCC1CCCOC1C(C)(C)C)N(C)CC1CCOC1.I. The largest absolute Gasteiger partial charge is 0.381 e. The van der Waals surface area contributed by atoms with Gasteiger partial charge >= 0.3 is 0 Å². The average molecular weight is 467 g/mol. The molecule has 0 spiro atoms. The van der Waals surface area contributed by atoms with Crippen molar-refractivity contribution >= 4 is 29.9 Å². The van der Waals surface area contributed by atoms with Gasteiger partial charge in [0.1, 0.15) is 0 Å². The van der Waals surface area contributed by atoms with Gasteiger partial charge in [0.05, 0.1) is 12.7 Å². The van der Waals surface area contributed by atoms with Crippen molar-refractivity contribution in [3.63, 3.8) is 0 Å². The quantitative estimate of drug-likeness (QED) is 0.383. The molecule has 2 heterocycles. The zero-order chi connectivity index (χ0) is 17.6. The van der Waals surface area contributed by atoms with Crippen molar-refractivity contribution in [2.45, 2.75) is 53.1 Å². The van der Waals surface area contributed by atoms with Gasteiger partial charge in [0, 0.05) is 51.7 Å². The van der Waals surface area contributed by atoms with Crippen molar-refractivity contribution in [1.29, 1.82) is 0 Å². The van der Waals surface area contributed by atoms with Crippen LogP contribution in [0.15, 0.2) is 4.99 Å². The predicted octanol–water partition coefficient (Wildman–Crippen LogP) is 3.38. The van der Waals surface area contributed by atoms with E-state index in [-0.39, 0.29) is 29.4 Å². The minimum absolute atomic E-state index is 0. The Balaban J connectivity index is 0.00000312. The van der Waals surface area contributed by atoms with Gasteiger partial charge in [0.15, 0.2) is 5.96 Å². The third kappa shape index (κ3) is 7.21. The van der Waals surface area contributed by atoms with Gasteiger partial charge in [-0.1, -0.05) is 20.8 Å². The average Bonchev–Trinajstić information content (AvgIpc) is 3.03. The third-order valence-electron chi connectivity index (χ3n) is 5.03. The van der Waals surface area contributed by atoms with Crippen LogP contribution in [-0.4, -0.2) is 63.5 Å². The maximum atomic E-state index is 6.10. The molecule has 0 radical (unpaired) electrons. The molecular weight excluding hydrogens is 429 g/mol. The number of hydrogen-bond acceptors (Lipinski definition) is 3. The molecule has 0 saturated carbocycles. The number of guanidine groups is 1. The Kier molecular flexibility index (Phi) is 10.0. The molecule has 2 aliphatic heterocycles. The minimum atomic E-state index is 0. The van der Waals surface area contributed by atoms with Gasteiger partial charge in [-0.25, -0.2) is 0 Å². The van der Waals surface area contributed by atoms with Crippen LogP contribution in [0, 0.1) is 17.3 Å². The lowest BCUT2D eigenvalue weighted by Gasteiger charge is -2.39. The van der Waals surface area contributed by atoms with Crippen LogP contribution in [-0.2, 0) is 9.47 Å². The molecule has 148 valence electrons. The molecule has 25 heavy (non-hydrogen) atoms. The van der Waals surface area contributed by atoms with Crippen molar-refractivity contribution < 1.29 is 9.47 Å². The lowest BCUT2D eigenvalue weighted by atomic mass is 9.78. The predicted molar refractivity (Wildman–Crippen MR) is 115 cm³/mol. The Morgan fingerprint density at radius 3 is 2.60 bits per heavy atom. The van der Waals surface area contributed by atoms with E-state index in [0.29, 0.717) is 17.9 Å². The smallest absolute Gasteiger partial charge is 0.193 e. The molecule has 6 heteroatoms. The fraction of sp³-hybridized carbons (Fsp3) is 0.947. The number of nitrogens with zero attached hydrogens (tertiary/aromatic N) is 2. The molecule has 5 nitrogen and oxygen atoms in total. The van der Waals surface area contributed by atoms with Crippen LogP contribution in [0.4, 0.5) is 0 Å². The highest BCUT2D eigenvalue weighted by Crippen LogP contribution is 2.34. The van der Waals surface area contributed by atoms with Crippen LogP contribution in [0.25, 0.3) is 0 Å².